The molecule has 1 aromatic rings. The van der Waals surface area contributed by atoms with Crippen LogP contribution in [-0.2, 0) is 11.2 Å². The molecule has 4 nitrogen and oxygen atoms in total. The van der Waals surface area contributed by atoms with Gasteiger partial charge in [-0.25, -0.2) is 0 Å². The van der Waals surface area contributed by atoms with E-state index in [1.54, 1.807) is 0 Å². The fourth-order valence-electron chi connectivity index (χ4n) is 2.62. The average Bonchev–Trinajstić information content (AvgIpc) is 2.45. The molecule has 0 saturated carbocycles. The number of aliphatic hydroxyl groups excluding tert-OH is 1. The van der Waals surface area contributed by atoms with Crippen molar-refractivity contribution in [2.45, 2.75) is 38.6 Å². The molecule has 0 radical (unpaired) electrons. The van der Waals surface area contributed by atoms with Crippen LogP contribution < -0.4 is 10.6 Å². The first-order valence-corrected chi connectivity index (χ1v) is 7.43. The van der Waals surface area contributed by atoms with Gasteiger partial charge in [0.25, 0.3) is 0 Å². The van der Waals surface area contributed by atoms with Crippen LogP contribution in [0, 0.1) is 5.92 Å². The quantitative estimate of drug-likeness (QED) is 0.770. The van der Waals surface area contributed by atoms with Crippen LogP contribution in [0.5, 0.6) is 0 Å². The highest BCUT2D eigenvalue weighted by Crippen LogP contribution is 2.17. The molecule has 0 aliphatic carbocycles. The normalized spacial score (nSPS) is 22.5. The van der Waals surface area contributed by atoms with E-state index in [9.17, 15) is 4.79 Å². The third-order valence-corrected chi connectivity index (χ3v) is 3.80. The van der Waals surface area contributed by atoms with Crippen molar-refractivity contribution >= 4 is 11.6 Å². The smallest absolute Gasteiger partial charge is 0.241 e. The molecular weight excluding hydrogens is 252 g/mol. The highest BCUT2D eigenvalue weighted by molar-refractivity contribution is 5.94. The van der Waals surface area contributed by atoms with E-state index < -0.39 is 0 Å². The lowest BCUT2D eigenvalue weighted by molar-refractivity contribution is -0.119. The van der Waals surface area contributed by atoms with Gasteiger partial charge in [0.2, 0.25) is 5.91 Å². The Labute approximate surface area is 120 Å². The second-order valence-electron chi connectivity index (χ2n) is 5.65. The molecule has 1 heterocycles. The first-order chi connectivity index (χ1) is 9.69. The van der Waals surface area contributed by atoms with Crippen molar-refractivity contribution in [3.05, 3.63) is 29.8 Å². The number of piperidine rings is 1. The van der Waals surface area contributed by atoms with Crippen LogP contribution in [0.3, 0.4) is 0 Å². The van der Waals surface area contributed by atoms with E-state index >= 15 is 0 Å². The Morgan fingerprint density at radius 2 is 2.35 bits per heavy atom. The van der Waals surface area contributed by atoms with E-state index in [0.29, 0.717) is 5.92 Å². The van der Waals surface area contributed by atoms with Crippen LogP contribution >= 0.6 is 0 Å². The molecule has 1 fully saturated rings. The van der Waals surface area contributed by atoms with Crippen LogP contribution in [0.4, 0.5) is 5.69 Å². The molecule has 2 atom stereocenters. The molecule has 1 saturated heterocycles. The molecule has 3 N–H and O–H groups in total. The second kappa shape index (κ2) is 7.41. The van der Waals surface area contributed by atoms with Gasteiger partial charge in [0.05, 0.1) is 6.04 Å². The van der Waals surface area contributed by atoms with Crippen molar-refractivity contribution in [2.24, 2.45) is 5.92 Å². The van der Waals surface area contributed by atoms with Crippen molar-refractivity contribution in [3.8, 4) is 0 Å². The highest BCUT2D eigenvalue weighted by Gasteiger charge is 2.24. The van der Waals surface area contributed by atoms with E-state index in [2.05, 4.69) is 17.6 Å². The molecule has 0 bridgehead atoms. The number of hydrogen-bond acceptors (Lipinski definition) is 3. The van der Waals surface area contributed by atoms with Crippen molar-refractivity contribution in [1.29, 1.82) is 0 Å². The second-order valence-corrected chi connectivity index (χ2v) is 5.65. The summed E-state index contributed by atoms with van der Waals surface area (Å²) >= 11 is 0. The standard InChI is InChI=1S/C16H24N2O2/c1-12-7-8-17-15(10-12)16(20)18-14-6-2-4-13(11-14)5-3-9-19/h2,4,6,11-12,15,17,19H,3,5,7-10H2,1H3,(H,18,20). The van der Waals surface area contributed by atoms with Gasteiger partial charge in [-0.2, -0.15) is 0 Å². The van der Waals surface area contributed by atoms with E-state index in [1.165, 1.54) is 0 Å². The third kappa shape index (κ3) is 4.32. The molecule has 0 aromatic heterocycles. The lowest BCUT2D eigenvalue weighted by Gasteiger charge is -2.27. The Balaban J connectivity index is 1.93. The Morgan fingerprint density at radius 1 is 1.50 bits per heavy atom. The molecule has 1 amide bonds. The Morgan fingerprint density at radius 3 is 3.10 bits per heavy atom. The number of hydrogen-bond donors (Lipinski definition) is 3. The zero-order valence-electron chi connectivity index (χ0n) is 12.1. The topological polar surface area (TPSA) is 61.4 Å². The van der Waals surface area contributed by atoms with Crippen molar-refractivity contribution in [2.75, 3.05) is 18.5 Å². The predicted octanol–water partition coefficient (Wildman–Crippen LogP) is 1.94. The van der Waals surface area contributed by atoms with Crippen molar-refractivity contribution in [3.63, 3.8) is 0 Å². The molecule has 20 heavy (non-hydrogen) atoms. The molecule has 4 heteroatoms. The molecule has 110 valence electrons. The lowest BCUT2D eigenvalue weighted by atomic mass is 9.94. The Hall–Kier alpha value is -1.39. The molecular formula is C16H24N2O2. The summed E-state index contributed by atoms with van der Waals surface area (Å²) in [5.41, 5.74) is 1.98. The Kier molecular flexibility index (Phi) is 5.56. The zero-order valence-corrected chi connectivity index (χ0v) is 12.1. The van der Waals surface area contributed by atoms with Crippen LogP contribution in [0.15, 0.2) is 24.3 Å². The van der Waals surface area contributed by atoms with E-state index in [0.717, 1.165) is 43.5 Å². The molecule has 1 aromatic carbocycles. The number of carbonyl (C=O) groups is 1. The first-order valence-electron chi connectivity index (χ1n) is 7.43. The lowest BCUT2D eigenvalue weighted by Crippen LogP contribution is -2.45. The fraction of sp³-hybridized carbons (Fsp3) is 0.562. The van der Waals surface area contributed by atoms with Gasteiger partial charge < -0.3 is 15.7 Å². The maximum atomic E-state index is 12.2. The molecule has 1 aliphatic rings. The SMILES string of the molecule is CC1CCNC(C(=O)Nc2cccc(CCCO)c2)C1. The minimum Gasteiger partial charge on any atom is -0.396 e. The minimum atomic E-state index is -0.0835. The summed E-state index contributed by atoms with van der Waals surface area (Å²) < 4.78 is 0. The number of amides is 1. The van der Waals surface area contributed by atoms with Gasteiger partial charge in [-0.3, -0.25) is 4.79 Å². The highest BCUT2D eigenvalue weighted by atomic mass is 16.2. The van der Waals surface area contributed by atoms with Crippen LogP contribution in [0.1, 0.15) is 31.7 Å². The zero-order chi connectivity index (χ0) is 14.4. The summed E-state index contributed by atoms with van der Waals surface area (Å²) in [4.78, 5) is 12.2. The van der Waals surface area contributed by atoms with Gasteiger partial charge in [-0.1, -0.05) is 19.1 Å². The summed E-state index contributed by atoms with van der Waals surface area (Å²) in [5, 5.41) is 15.1. The van der Waals surface area contributed by atoms with Gasteiger partial charge in [-0.15, -0.1) is 0 Å². The summed E-state index contributed by atoms with van der Waals surface area (Å²) in [6.07, 6.45) is 3.62. The van der Waals surface area contributed by atoms with Gasteiger partial charge in [-0.05, 0) is 55.8 Å². The fourth-order valence-corrected chi connectivity index (χ4v) is 2.62. The van der Waals surface area contributed by atoms with Crippen LogP contribution in [0.2, 0.25) is 0 Å². The van der Waals surface area contributed by atoms with Gasteiger partial charge in [0, 0.05) is 12.3 Å². The molecule has 2 rings (SSSR count). The molecule has 2 unspecified atom stereocenters. The van der Waals surface area contributed by atoms with Gasteiger partial charge in [0.1, 0.15) is 0 Å². The number of carbonyl (C=O) groups excluding carboxylic acids is 1. The molecule has 0 spiro atoms. The number of benzene rings is 1. The monoisotopic (exact) mass is 276 g/mol. The maximum absolute atomic E-state index is 12.2. The number of anilines is 1. The van der Waals surface area contributed by atoms with E-state index in [4.69, 9.17) is 5.11 Å². The van der Waals surface area contributed by atoms with Crippen LogP contribution in [-0.4, -0.2) is 30.2 Å². The van der Waals surface area contributed by atoms with E-state index in [-0.39, 0.29) is 18.6 Å². The number of nitrogens with one attached hydrogen (secondary N) is 2. The first kappa shape index (κ1) is 15.0. The largest absolute Gasteiger partial charge is 0.396 e. The molecule has 1 aliphatic heterocycles. The van der Waals surface area contributed by atoms with Gasteiger partial charge >= 0.3 is 0 Å². The Bertz CT molecular complexity index is 448. The van der Waals surface area contributed by atoms with E-state index in [1.807, 2.05) is 24.3 Å². The van der Waals surface area contributed by atoms with Crippen molar-refractivity contribution < 1.29 is 9.90 Å². The number of aryl methyl sites for hydroxylation is 1. The minimum absolute atomic E-state index is 0.0517. The number of rotatable bonds is 5. The average molecular weight is 276 g/mol. The van der Waals surface area contributed by atoms with Gasteiger partial charge in [0.15, 0.2) is 0 Å². The summed E-state index contributed by atoms with van der Waals surface area (Å²) in [7, 11) is 0. The van der Waals surface area contributed by atoms with Crippen molar-refractivity contribution in [1.82, 2.24) is 5.32 Å². The summed E-state index contributed by atoms with van der Waals surface area (Å²) in [6, 6.07) is 7.78. The summed E-state index contributed by atoms with van der Waals surface area (Å²) in [5.74, 6) is 0.652. The number of aliphatic hydroxyl groups is 1. The summed E-state index contributed by atoms with van der Waals surface area (Å²) in [6.45, 7) is 3.30. The third-order valence-electron chi connectivity index (χ3n) is 3.80. The predicted molar refractivity (Wildman–Crippen MR) is 80.7 cm³/mol. The van der Waals surface area contributed by atoms with Crippen LogP contribution in [0.25, 0.3) is 0 Å². The maximum Gasteiger partial charge on any atom is 0.241 e.